The van der Waals surface area contributed by atoms with Gasteiger partial charge in [0.2, 0.25) is 0 Å². The minimum Gasteiger partial charge on any atom is -0.481 e. The smallest absolute Gasteiger partial charge is 0.314 e. The summed E-state index contributed by atoms with van der Waals surface area (Å²) in [6.07, 6.45) is -0.806. The van der Waals surface area contributed by atoms with Gasteiger partial charge in [-0.15, -0.1) is 0 Å². The number of aliphatic carboxylic acids is 2. The Morgan fingerprint density at radius 3 is 1.31 bits per heavy atom. The Kier molecular flexibility index (Phi) is 6.85. The summed E-state index contributed by atoms with van der Waals surface area (Å²) in [5.74, 6) is -2.62. The van der Waals surface area contributed by atoms with Crippen molar-refractivity contribution in [2.45, 2.75) is 6.42 Å². The van der Waals surface area contributed by atoms with Crippen molar-refractivity contribution in [3.63, 3.8) is 0 Å². The minimum atomic E-state index is -1.31. The Morgan fingerprint density at radius 1 is 0.923 bits per heavy atom. The molecular formula is C7H14N2O4. The lowest BCUT2D eigenvalue weighted by Gasteiger charge is -2.11. The van der Waals surface area contributed by atoms with Gasteiger partial charge in [-0.3, -0.25) is 9.59 Å². The van der Waals surface area contributed by atoms with E-state index in [-0.39, 0.29) is 0 Å². The Morgan fingerprint density at radius 2 is 1.23 bits per heavy atom. The van der Waals surface area contributed by atoms with Gasteiger partial charge < -0.3 is 20.8 Å². The van der Waals surface area contributed by atoms with Crippen LogP contribution in [0.4, 0.5) is 0 Å². The Labute approximate surface area is 75.9 Å². The van der Waals surface area contributed by atoms with Gasteiger partial charge >= 0.3 is 11.9 Å². The standard InChI is InChI=1S/C4H10N2.C3H4O4/c1-2-6-4-3-5-1;4-2(5)1-3(6)7/h5-6H,1-4H2;1H2,(H,4,5)(H,6,7). The average Bonchev–Trinajstić information content (AvgIpc) is 2.06. The van der Waals surface area contributed by atoms with Crippen LogP contribution in [-0.2, 0) is 9.59 Å². The van der Waals surface area contributed by atoms with E-state index in [1.54, 1.807) is 0 Å². The van der Waals surface area contributed by atoms with Gasteiger partial charge in [0.05, 0.1) is 0 Å². The van der Waals surface area contributed by atoms with E-state index < -0.39 is 18.4 Å². The van der Waals surface area contributed by atoms with E-state index in [1.165, 1.54) is 0 Å². The summed E-state index contributed by atoms with van der Waals surface area (Å²) in [7, 11) is 0. The van der Waals surface area contributed by atoms with E-state index in [4.69, 9.17) is 10.2 Å². The number of carbonyl (C=O) groups is 2. The fourth-order valence-electron chi connectivity index (χ4n) is 0.733. The van der Waals surface area contributed by atoms with Crippen LogP contribution < -0.4 is 10.6 Å². The summed E-state index contributed by atoms with van der Waals surface area (Å²) < 4.78 is 0. The van der Waals surface area contributed by atoms with Gasteiger partial charge in [0.25, 0.3) is 0 Å². The maximum atomic E-state index is 9.43. The van der Waals surface area contributed by atoms with Gasteiger partial charge in [0, 0.05) is 26.2 Å². The minimum absolute atomic E-state index is 0.806. The lowest BCUT2D eigenvalue weighted by Crippen LogP contribution is -2.39. The quantitative estimate of drug-likeness (QED) is 0.405. The molecule has 4 N–H and O–H groups in total. The third-order valence-corrected chi connectivity index (χ3v) is 1.26. The molecule has 0 aromatic carbocycles. The van der Waals surface area contributed by atoms with Crippen LogP contribution in [0.1, 0.15) is 6.42 Å². The van der Waals surface area contributed by atoms with E-state index in [0.717, 1.165) is 26.2 Å². The molecule has 0 aromatic rings. The van der Waals surface area contributed by atoms with E-state index >= 15 is 0 Å². The number of carboxylic acids is 2. The highest BCUT2D eigenvalue weighted by atomic mass is 16.4. The van der Waals surface area contributed by atoms with E-state index in [9.17, 15) is 9.59 Å². The highest BCUT2D eigenvalue weighted by Crippen LogP contribution is 1.74. The summed E-state index contributed by atoms with van der Waals surface area (Å²) in [4.78, 5) is 18.9. The zero-order valence-corrected chi connectivity index (χ0v) is 7.25. The largest absolute Gasteiger partial charge is 0.481 e. The maximum absolute atomic E-state index is 9.43. The first-order valence-corrected chi connectivity index (χ1v) is 3.98. The summed E-state index contributed by atoms with van der Waals surface area (Å²) in [6.45, 7) is 4.56. The number of hydrogen-bond donors (Lipinski definition) is 4. The van der Waals surface area contributed by atoms with Crippen LogP contribution in [0, 0.1) is 0 Å². The molecular weight excluding hydrogens is 176 g/mol. The van der Waals surface area contributed by atoms with Crippen molar-refractivity contribution in [3.8, 4) is 0 Å². The fraction of sp³-hybridized carbons (Fsp3) is 0.714. The van der Waals surface area contributed by atoms with Crippen molar-refractivity contribution in [1.29, 1.82) is 0 Å². The summed E-state index contributed by atoms with van der Waals surface area (Å²) >= 11 is 0. The molecule has 1 heterocycles. The predicted molar refractivity (Wildman–Crippen MR) is 45.6 cm³/mol. The Balaban J connectivity index is 0.000000223. The number of piperazine rings is 1. The molecule has 0 amide bonds. The molecule has 6 heteroatoms. The van der Waals surface area contributed by atoms with Crippen LogP contribution in [0.2, 0.25) is 0 Å². The van der Waals surface area contributed by atoms with Gasteiger partial charge in [0.15, 0.2) is 0 Å². The molecule has 0 aromatic heterocycles. The molecule has 1 aliphatic rings. The molecule has 1 saturated heterocycles. The number of nitrogens with one attached hydrogen (secondary N) is 2. The molecule has 0 unspecified atom stereocenters. The maximum Gasteiger partial charge on any atom is 0.314 e. The van der Waals surface area contributed by atoms with Crippen LogP contribution in [-0.4, -0.2) is 48.3 Å². The second-order valence-electron chi connectivity index (χ2n) is 2.46. The van der Waals surface area contributed by atoms with Gasteiger partial charge in [-0.05, 0) is 0 Å². The SMILES string of the molecule is C1CNCCN1.O=C(O)CC(=O)O. The molecule has 1 aliphatic heterocycles. The Bertz CT molecular complexity index is 144. The van der Waals surface area contributed by atoms with Crippen molar-refractivity contribution in [2.75, 3.05) is 26.2 Å². The molecule has 0 atom stereocenters. The van der Waals surface area contributed by atoms with Crippen molar-refractivity contribution < 1.29 is 19.8 Å². The highest BCUT2D eigenvalue weighted by molar-refractivity contribution is 5.88. The molecule has 0 radical (unpaired) electrons. The first-order valence-electron chi connectivity index (χ1n) is 3.98. The monoisotopic (exact) mass is 190 g/mol. The fourth-order valence-corrected chi connectivity index (χ4v) is 0.733. The van der Waals surface area contributed by atoms with E-state index in [0.29, 0.717) is 0 Å². The normalized spacial score (nSPS) is 15.4. The van der Waals surface area contributed by atoms with Gasteiger partial charge in [-0.2, -0.15) is 0 Å². The summed E-state index contributed by atoms with van der Waals surface area (Å²) in [5.41, 5.74) is 0. The van der Waals surface area contributed by atoms with Crippen LogP contribution in [0.25, 0.3) is 0 Å². The molecule has 0 spiro atoms. The second kappa shape index (κ2) is 7.51. The molecule has 13 heavy (non-hydrogen) atoms. The van der Waals surface area contributed by atoms with Gasteiger partial charge in [-0.1, -0.05) is 0 Å². The van der Waals surface area contributed by atoms with Crippen LogP contribution >= 0.6 is 0 Å². The zero-order valence-electron chi connectivity index (χ0n) is 7.25. The van der Waals surface area contributed by atoms with Crippen molar-refractivity contribution in [3.05, 3.63) is 0 Å². The predicted octanol–water partition coefficient (Wildman–Crippen LogP) is -1.28. The second-order valence-corrected chi connectivity index (χ2v) is 2.46. The van der Waals surface area contributed by atoms with Gasteiger partial charge in [0.1, 0.15) is 6.42 Å². The number of rotatable bonds is 2. The van der Waals surface area contributed by atoms with Gasteiger partial charge in [-0.25, -0.2) is 0 Å². The number of hydrogen-bond acceptors (Lipinski definition) is 4. The Hall–Kier alpha value is -1.14. The van der Waals surface area contributed by atoms with Crippen LogP contribution in [0.5, 0.6) is 0 Å². The first-order chi connectivity index (χ1) is 6.13. The lowest BCUT2D eigenvalue weighted by molar-refractivity contribution is -0.147. The third-order valence-electron chi connectivity index (χ3n) is 1.26. The van der Waals surface area contributed by atoms with Crippen LogP contribution in [0.3, 0.4) is 0 Å². The van der Waals surface area contributed by atoms with Crippen LogP contribution in [0.15, 0.2) is 0 Å². The van der Waals surface area contributed by atoms with Crippen molar-refractivity contribution >= 4 is 11.9 Å². The molecule has 1 fully saturated rings. The topological polar surface area (TPSA) is 98.7 Å². The van der Waals surface area contributed by atoms with E-state index in [1.807, 2.05) is 0 Å². The highest BCUT2D eigenvalue weighted by Gasteiger charge is 2.01. The van der Waals surface area contributed by atoms with Crippen molar-refractivity contribution in [1.82, 2.24) is 10.6 Å². The summed E-state index contributed by atoms with van der Waals surface area (Å²) in [5, 5.41) is 21.9. The first kappa shape index (κ1) is 11.9. The average molecular weight is 190 g/mol. The third kappa shape index (κ3) is 10.9. The molecule has 0 bridgehead atoms. The zero-order chi connectivity index (χ0) is 10.1. The molecule has 1 rings (SSSR count). The number of carboxylic acid groups (broad SMARTS) is 2. The lowest BCUT2D eigenvalue weighted by atomic mass is 10.4. The molecule has 0 saturated carbocycles. The molecule has 76 valence electrons. The van der Waals surface area contributed by atoms with E-state index in [2.05, 4.69) is 10.6 Å². The summed E-state index contributed by atoms with van der Waals surface area (Å²) in [6, 6.07) is 0. The van der Waals surface area contributed by atoms with Crippen molar-refractivity contribution in [2.24, 2.45) is 0 Å². The molecule has 0 aliphatic carbocycles. The molecule has 6 nitrogen and oxygen atoms in total.